The first-order valence-electron chi connectivity index (χ1n) is 9.57. The molecule has 0 spiro atoms. The Morgan fingerprint density at radius 3 is 2.81 bits per heavy atom. The van der Waals surface area contributed by atoms with Crippen LogP contribution in [0.25, 0.3) is 0 Å². The van der Waals surface area contributed by atoms with Gasteiger partial charge in [0.1, 0.15) is 0 Å². The third kappa shape index (κ3) is 4.77. The zero-order chi connectivity index (χ0) is 19.2. The van der Waals surface area contributed by atoms with E-state index in [4.69, 9.17) is 10.4 Å². The fourth-order valence-electron chi connectivity index (χ4n) is 3.73. The molecule has 0 aliphatic carbocycles. The van der Waals surface area contributed by atoms with Gasteiger partial charge in [-0.15, -0.1) is 0 Å². The maximum absolute atomic E-state index is 7.07. The second kappa shape index (κ2) is 8.87. The molecule has 0 aromatic carbocycles. The second-order valence-electron chi connectivity index (χ2n) is 7.25. The van der Waals surface area contributed by atoms with Crippen molar-refractivity contribution in [3.05, 3.63) is 83.0 Å². The van der Waals surface area contributed by atoms with Crippen molar-refractivity contribution in [2.75, 3.05) is 0 Å². The van der Waals surface area contributed by atoms with Crippen molar-refractivity contribution >= 4 is 6.21 Å². The topological polar surface area (TPSA) is 61.7 Å². The lowest BCUT2D eigenvalue weighted by atomic mass is 9.92. The van der Waals surface area contributed by atoms with E-state index < -0.39 is 0 Å². The van der Waals surface area contributed by atoms with E-state index in [2.05, 4.69) is 48.9 Å². The summed E-state index contributed by atoms with van der Waals surface area (Å²) in [7, 11) is 0. The molecule has 1 fully saturated rings. The lowest BCUT2D eigenvalue weighted by molar-refractivity contribution is 0.320. The Balaban J connectivity index is 1.73. The summed E-state index contributed by atoms with van der Waals surface area (Å²) in [6.45, 7) is 8.25. The lowest BCUT2D eigenvalue weighted by Gasteiger charge is -2.31. The molecule has 3 rings (SSSR count). The van der Waals surface area contributed by atoms with Crippen LogP contribution in [0.1, 0.15) is 59.6 Å². The van der Waals surface area contributed by atoms with Crippen LogP contribution < -0.4 is 5.32 Å². The summed E-state index contributed by atoms with van der Waals surface area (Å²) >= 11 is 0. The number of pyridine rings is 2. The van der Waals surface area contributed by atoms with Gasteiger partial charge in [-0.1, -0.05) is 30.4 Å². The molecule has 0 radical (unpaired) electrons. The molecule has 0 amide bonds. The number of hydrogen-bond donors (Lipinski definition) is 2. The third-order valence-electron chi connectivity index (χ3n) is 5.19. The highest BCUT2D eigenvalue weighted by Gasteiger charge is 2.26. The zero-order valence-electron chi connectivity index (χ0n) is 16.2. The maximum Gasteiger partial charge on any atom is 0.0602 e. The van der Waals surface area contributed by atoms with Crippen LogP contribution in [0, 0.1) is 19.3 Å². The van der Waals surface area contributed by atoms with Gasteiger partial charge in [-0.3, -0.25) is 9.97 Å². The van der Waals surface area contributed by atoms with Gasteiger partial charge in [-0.05, 0) is 68.9 Å². The Morgan fingerprint density at radius 2 is 2.07 bits per heavy atom. The highest BCUT2D eigenvalue weighted by molar-refractivity contribution is 5.68. The Bertz CT molecular complexity index is 853. The van der Waals surface area contributed by atoms with E-state index in [0.29, 0.717) is 0 Å². The average molecular weight is 361 g/mol. The highest BCUT2D eigenvalue weighted by Crippen LogP contribution is 2.32. The molecule has 2 aromatic heterocycles. The van der Waals surface area contributed by atoms with Crippen molar-refractivity contribution in [2.45, 2.75) is 51.6 Å². The first-order valence-corrected chi connectivity index (χ1v) is 9.57. The van der Waals surface area contributed by atoms with Crippen LogP contribution >= 0.6 is 0 Å². The Kier molecular flexibility index (Phi) is 6.30. The predicted octanol–water partition coefficient (Wildman–Crippen LogP) is 4.95. The van der Waals surface area contributed by atoms with Crippen LogP contribution in [0.4, 0.5) is 0 Å². The van der Waals surface area contributed by atoms with Gasteiger partial charge in [0, 0.05) is 24.1 Å². The van der Waals surface area contributed by atoms with Crippen LogP contribution in [0.3, 0.4) is 0 Å². The Hall–Kier alpha value is -2.59. The first-order chi connectivity index (χ1) is 13.1. The van der Waals surface area contributed by atoms with Gasteiger partial charge in [-0.2, -0.15) is 0 Å². The van der Waals surface area contributed by atoms with Crippen molar-refractivity contribution in [3.63, 3.8) is 0 Å². The van der Waals surface area contributed by atoms with Crippen molar-refractivity contribution in [1.29, 1.82) is 5.41 Å². The predicted molar refractivity (Wildman–Crippen MR) is 111 cm³/mol. The number of nitrogens with zero attached hydrogens (tertiary/aromatic N) is 2. The van der Waals surface area contributed by atoms with Crippen LogP contribution in [0.5, 0.6) is 0 Å². The fourth-order valence-corrected chi connectivity index (χ4v) is 3.73. The fraction of sp³-hybridized carbons (Fsp3) is 0.348. The second-order valence-corrected chi connectivity index (χ2v) is 7.25. The number of hydrogen-bond acceptors (Lipinski definition) is 4. The SMILES string of the molecule is C=C(/C=C\C=N)Cc1ccc(C2CCCC(c3ncccc3C)N2)nc1C. The van der Waals surface area contributed by atoms with Crippen molar-refractivity contribution < 1.29 is 0 Å². The molecule has 2 aromatic rings. The molecule has 4 nitrogen and oxygen atoms in total. The Labute approximate surface area is 162 Å². The van der Waals surface area contributed by atoms with Crippen LogP contribution in [-0.2, 0) is 6.42 Å². The first kappa shape index (κ1) is 19.2. The molecule has 2 atom stereocenters. The summed E-state index contributed by atoms with van der Waals surface area (Å²) in [6.07, 6.45) is 10.9. The average Bonchev–Trinajstić information content (AvgIpc) is 2.68. The van der Waals surface area contributed by atoms with E-state index in [1.807, 2.05) is 18.3 Å². The maximum atomic E-state index is 7.07. The van der Waals surface area contributed by atoms with E-state index in [0.717, 1.165) is 41.9 Å². The minimum atomic E-state index is 0.263. The van der Waals surface area contributed by atoms with E-state index in [-0.39, 0.29) is 12.1 Å². The van der Waals surface area contributed by atoms with Crippen molar-refractivity contribution in [3.8, 4) is 0 Å². The monoisotopic (exact) mass is 360 g/mol. The van der Waals surface area contributed by atoms with Gasteiger partial charge >= 0.3 is 0 Å². The Morgan fingerprint density at radius 1 is 1.26 bits per heavy atom. The van der Waals surface area contributed by atoms with Gasteiger partial charge in [0.05, 0.1) is 17.4 Å². The van der Waals surface area contributed by atoms with E-state index in [1.54, 1.807) is 6.08 Å². The van der Waals surface area contributed by atoms with Gasteiger partial charge in [-0.25, -0.2) is 0 Å². The minimum Gasteiger partial charge on any atom is -0.309 e. The molecule has 1 saturated heterocycles. The quantitative estimate of drug-likeness (QED) is 0.566. The molecule has 4 heteroatoms. The molecule has 1 aliphatic rings. The van der Waals surface area contributed by atoms with Crippen LogP contribution in [0.15, 0.2) is 54.8 Å². The third-order valence-corrected chi connectivity index (χ3v) is 5.19. The van der Waals surface area contributed by atoms with Gasteiger partial charge in [0.25, 0.3) is 0 Å². The smallest absolute Gasteiger partial charge is 0.0602 e. The largest absolute Gasteiger partial charge is 0.309 e. The summed E-state index contributed by atoms with van der Waals surface area (Å²) in [5, 5.41) is 10.8. The summed E-state index contributed by atoms with van der Waals surface area (Å²) in [5.74, 6) is 0. The highest BCUT2D eigenvalue weighted by atomic mass is 15.0. The number of allylic oxidation sites excluding steroid dienone is 3. The summed E-state index contributed by atoms with van der Waals surface area (Å²) in [4.78, 5) is 9.49. The number of piperidine rings is 1. The van der Waals surface area contributed by atoms with Gasteiger partial charge in [0.2, 0.25) is 0 Å². The van der Waals surface area contributed by atoms with Gasteiger partial charge in [0.15, 0.2) is 0 Å². The number of nitrogens with one attached hydrogen (secondary N) is 2. The normalized spacial score (nSPS) is 19.9. The standard InChI is InChI=1S/C23H28N4/c1-16(7-5-13-24)15-19-11-12-21(26-18(19)3)20-9-4-10-22(27-20)23-17(2)8-6-14-25-23/h5-8,11-14,20,22,24,27H,1,4,9-10,15H2,2-3H3/b7-5-,24-13?. The number of aromatic nitrogens is 2. The molecule has 3 heterocycles. The molecular formula is C23H28N4. The van der Waals surface area contributed by atoms with Crippen molar-refractivity contribution in [1.82, 2.24) is 15.3 Å². The lowest BCUT2D eigenvalue weighted by Crippen LogP contribution is -2.32. The number of rotatable bonds is 6. The molecule has 27 heavy (non-hydrogen) atoms. The molecule has 2 unspecified atom stereocenters. The van der Waals surface area contributed by atoms with Gasteiger partial charge < -0.3 is 10.7 Å². The van der Waals surface area contributed by atoms with Crippen molar-refractivity contribution in [2.24, 2.45) is 0 Å². The summed E-state index contributed by atoms with van der Waals surface area (Å²) in [5.41, 5.74) is 6.73. The number of aryl methyl sites for hydroxylation is 2. The summed E-state index contributed by atoms with van der Waals surface area (Å²) < 4.78 is 0. The molecule has 2 N–H and O–H groups in total. The van der Waals surface area contributed by atoms with Crippen LogP contribution in [0.2, 0.25) is 0 Å². The molecule has 1 aliphatic heterocycles. The van der Waals surface area contributed by atoms with E-state index >= 15 is 0 Å². The molecule has 140 valence electrons. The molecule has 0 bridgehead atoms. The van der Waals surface area contributed by atoms with E-state index in [9.17, 15) is 0 Å². The minimum absolute atomic E-state index is 0.263. The molecule has 0 saturated carbocycles. The van der Waals surface area contributed by atoms with Crippen LogP contribution in [-0.4, -0.2) is 16.2 Å². The molecular weight excluding hydrogens is 332 g/mol. The summed E-state index contributed by atoms with van der Waals surface area (Å²) in [6, 6.07) is 8.98. The zero-order valence-corrected chi connectivity index (χ0v) is 16.2. The van der Waals surface area contributed by atoms with E-state index in [1.165, 1.54) is 23.8 Å².